The molecule has 7 heteroatoms. The molecule has 1 aliphatic heterocycles. The van der Waals surface area contributed by atoms with Crippen molar-refractivity contribution in [2.24, 2.45) is 5.41 Å². The summed E-state index contributed by atoms with van der Waals surface area (Å²) in [4.78, 5) is 5.62. The summed E-state index contributed by atoms with van der Waals surface area (Å²) < 4.78 is 24.0. The van der Waals surface area contributed by atoms with Crippen molar-refractivity contribution in [3.63, 3.8) is 0 Å². The summed E-state index contributed by atoms with van der Waals surface area (Å²) in [6, 6.07) is 11.0. The maximum Gasteiger partial charge on any atom is 0.213 e. The van der Waals surface area contributed by atoms with E-state index in [9.17, 15) is 4.39 Å². The van der Waals surface area contributed by atoms with Crippen LogP contribution < -0.4 is 4.74 Å². The van der Waals surface area contributed by atoms with E-state index in [1.807, 2.05) is 41.1 Å². The Balaban J connectivity index is 1.72. The van der Waals surface area contributed by atoms with Gasteiger partial charge in [-0.2, -0.15) is 0 Å². The van der Waals surface area contributed by atoms with Crippen molar-refractivity contribution in [1.82, 2.24) is 9.55 Å². The van der Waals surface area contributed by atoms with Gasteiger partial charge in [0.05, 0.1) is 26.7 Å². The predicted octanol–water partition coefficient (Wildman–Crippen LogP) is 7.85. The zero-order chi connectivity index (χ0) is 21.2. The van der Waals surface area contributed by atoms with Crippen LogP contribution in [-0.2, 0) is 6.42 Å². The number of benzene rings is 2. The smallest absolute Gasteiger partial charge is 0.213 e. The Morgan fingerprint density at radius 2 is 2.03 bits per heavy atom. The summed E-state index contributed by atoms with van der Waals surface area (Å²) in [7, 11) is 0. The Bertz CT molecular complexity index is 1290. The molecule has 4 aromatic rings. The van der Waals surface area contributed by atoms with E-state index < -0.39 is 6.23 Å². The minimum atomic E-state index is -0.425. The number of ether oxygens (including phenoxy) is 1. The van der Waals surface area contributed by atoms with Crippen LogP contribution in [0.5, 0.6) is 5.75 Å². The van der Waals surface area contributed by atoms with Crippen molar-refractivity contribution in [3.05, 3.63) is 67.8 Å². The molecule has 0 aliphatic carbocycles. The van der Waals surface area contributed by atoms with Crippen molar-refractivity contribution in [2.45, 2.75) is 33.4 Å². The van der Waals surface area contributed by atoms with E-state index >= 15 is 0 Å². The molecule has 0 bridgehead atoms. The molecule has 1 atom stereocenters. The average Bonchev–Trinajstić information content (AvgIpc) is 3.22. The topological polar surface area (TPSA) is 27.1 Å². The van der Waals surface area contributed by atoms with E-state index in [1.165, 1.54) is 6.07 Å². The quantitative estimate of drug-likeness (QED) is 0.277. The van der Waals surface area contributed by atoms with Gasteiger partial charge in [0.1, 0.15) is 11.6 Å². The summed E-state index contributed by atoms with van der Waals surface area (Å²) in [5, 5.41) is 2.65. The molecule has 2 aromatic carbocycles. The molecule has 1 aliphatic rings. The highest BCUT2D eigenvalue weighted by atomic mass is 79.9. The summed E-state index contributed by atoms with van der Waals surface area (Å²) in [6.07, 6.45) is 2.34. The van der Waals surface area contributed by atoms with E-state index in [-0.39, 0.29) is 11.2 Å². The van der Waals surface area contributed by atoms with Gasteiger partial charge in [0.25, 0.3) is 0 Å². The van der Waals surface area contributed by atoms with Gasteiger partial charge in [0.15, 0.2) is 0 Å². The van der Waals surface area contributed by atoms with Gasteiger partial charge < -0.3 is 4.74 Å². The lowest BCUT2D eigenvalue weighted by Gasteiger charge is -2.29. The van der Waals surface area contributed by atoms with Gasteiger partial charge in [0, 0.05) is 27.5 Å². The first-order valence-corrected chi connectivity index (χ1v) is 11.6. The third kappa shape index (κ3) is 3.45. The van der Waals surface area contributed by atoms with Gasteiger partial charge in [-0.05, 0) is 41.8 Å². The molecule has 5 rings (SSSR count). The van der Waals surface area contributed by atoms with Crippen molar-refractivity contribution in [3.8, 4) is 17.0 Å². The fraction of sp³-hybridized carbons (Fsp3) is 0.261. The predicted molar refractivity (Wildman–Crippen MR) is 124 cm³/mol. The largest absolute Gasteiger partial charge is 0.464 e. The number of hydrogen-bond donors (Lipinski definition) is 0. The number of aromatic nitrogens is 2. The van der Waals surface area contributed by atoms with Crippen molar-refractivity contribution >= 4 is 49.8 Å². The van der Waals surface area contributed by atoms with Crippen LogP contribution in [0.3, 0.4) is 0 Å². The van der Waals surface area contributed by atoms with Gasteiger partial charge >= 0.3 is 0 Å². The third-order valence-corrected chi connectivity index (χ3v) is 6.77. The highest BCUT2D eigenvalue weighted by molar-refractivity contribution is 9.10. The Morgan fingerprint density at radius 3 is 2.80 bits per heavy atom. The number of fused-ring (bicyclic) bond motifs is 5. The summed E-state index contributed by atoms with van der Waals surface area (Å²) in [5.74, 6) is 0.185. The van der Waals surface area contributed by atoms with E-state index in [4.69, 9.17) is 16.3 Å². The normalized spacial score (nSPS) is 15.7. The maximum atomic E-state index is 15.0. The van der Waals surface area contributed by atoms with Crippen LogP contribution in [0.2, 0.25) is 5.02 Å². The molecule has 154 valence electrons. The molecule has 1 unspecified atom stereocenters. The Labute approximate surface area is 191 Å². The second-order valence-electron chi connectivity index (χ2n) is 8.73. The minimum Gasteiger partial charge on any atom is -0.464 e. The highest BCUT2D eigenvalue weighted by Gasteiger charge is 2.32. The molecule has 0 radical (unpaired) electrons. The molecule has 2 aromatic heterocycles. The van der Waals surface area contributed by atoms with Crippen LogP contribution in [0.15, 0.2) is 47.1 Å². The molecule has 3 nitrogen and oxygen atoms in total. The molecular formula is C23H19BrClFN2OS. The second-order valence-corrected chi connectivity index (χ2v) is 11.2. The summed E-state index contributed by atoms with van der Waals surface area (Å²) in [6.45, 7) is 6.59. The molecule has 0 saturated heterocycles. The van der Waals surface area contributed by atoms with Crippen LogP contribution in [0.1, 0.15) is 36.9 Å². The Morgan fingerprint density at radius 1 is 1.23 bits per heavy atom. The molecule has 3 heterocycles. The maximum absolute atomic E-state index is 15.0. The molecule has 0 spiro atoms. The SMILES string of the molecule is CC(C)(C)Cc1ncc(C2Oc3cc(Br)cc(F)c3-c3cc4cc(Cl)ccc4n32)s1. The van der Waals surface area contributed by atoms with E-state index in [2.05, 4.69) is 41.7 Å². The first-order valence-electron chi connectivity index (χ1n) is 9.61. The van der Waals surface area contributed by atoms with Crippen molar-refractivity contribution in [1.29, 1.82) is 0 Å². The number of hydrogen-bond acceptors (Lipinski definition) is 3. The lowest BCUT2D eigenvalue weighted by atomic mass is 9.93. The monoisotopic (exact) mass is 504 g/mol. The third-order valence-electron chi connectivity index (χ3n) is 5.05. The first-order chi connectivity index (χ1) is 14.2. The Kier molecular flexibility index (Phi) is 4.73. The van der Waals surface area contributed by atoms with E-state index in [0.29, 0.717) is 20.8 Å². The first kappa shape index (κ1) is 20.0. The zero-order valence-corrected chi connectivity index (χ0v) is 19.8. The van der Waals surface area contributed by atoms with Gasteiger partial charge in [-0.1, -0.05) is 48.3 Å². The zero-order valence-electron chi connectivity index (χ0n) is 16.7. The van der Waals surface area contributed by atoms with Gasteiger partial charge in [0.2, 0.25) is 6.23 Å². The van der Waals surface area contributed by atoms with E-state index in [1.54, 1.807) is 11.3 Å². The lowest BCUT2D eigenvalue weighted by molar-refractivity contribution is 0.175. The minimum absolute atomic E-state index is 0.144. The fourth-order valence-corrected chi connectivity index (χ4v) is 5.71. The van der Waals surface area contributed by atoms with Gasteiger partial charge in [-0.25, -0.2) is 9.37 Å². The molecule has 30 heavy (non-hydrogen) atoms. The van der Waals surface area contributed by atoms with Crippen LogP contribution in [0.25, 0.3) is 22.2 Å². The average molecular weight is 506 g/mol. The standard InChI is InChI=1S/C23H19BrClFN2OS/c1-23(2,3)10-20-27-11-19(30-20)22-28-16-5-4-14(25)6-12(16)7-17(28)21-15(26)8-13(24)9-18(21)29-22/h4-9,11,22H,10H2,1-3H3. The van der Waals surface area contributed by atoms with Crippen LogP contribution >= 0.6 is 38.9 Å². The highest BCUT2D eigenvalue weighted by Crippen LogP contribution is 2.47. The molecule has 0 fully saturated rings. The number of nitrogens with zero attached hydrogens (tertiary/aromatic N) is 2. The van der Waals surface area contributed by atoms with Crippen molar-refractivity contribution in [2.75, 3.05) is 0 Å². The van der Waals surface area contributed by atoms with Crippen LogP contribution in [-0.4, -0.2) is 9.55 Å². The van der Waals surface area contributed by atoms with Crippen LogP contribution in [0, 0.1) is 11.2 Å². The molecule has 0 N–H and O–H groups in total. The number of thiazole rings is 1. The number of halogens is 3. The fourth-order valence-electron chi connectivity index (χ4n) is 3.88. The second kappa shape index (κ2) is 7.08. The molecule has 0 amide bonds. The Hall–Kier alpha value is -1.89. The van der Waals surface area contributed by atoms with Crippen molar-refractivity contribution < 1.29 is 9.13 Å². The van der Waals surface area contributed by atoms with Gasteiger partial charge in [-0.15, -0.1) is 11.3 Å². The molecular weight excluding hydrogens is 487 g/mol. The van der Waals surface area contributed by atoms with E-state index in [0.717, 1.165) is 32.9 Å². The lowest BCUT2D eigenvalue weighted by Crippen LogP contribution is -2.22. The summed E-state index contributed by atoms with van der Waals surface area (Å²) in [5.41, 5.74) is 2.32. The van der Waals surface area contributed by atoms with Crippen LogP contribution in [0.4, 0.5) is 4.39 Å². The number of rotatable bonds is 2. The molecule has 0 saturated carbocycles. The summed E-state index contributed by atoms with van der Waals surface area (Å²) >= 11 is 11.2. The van der Waals surface area contributed by atoms with Gasteiger partial charge in [-0.3, -0.25) is 4.57 Å².